The Morgan fingerprint density at radius 1 is 1.10 bits per heavy atom. The molecule has 2 N–H and O–H groups in total. The zero-order valence-corrected chi connectivity index (χ0v) is 18.3. The topological polar surface area (TPSA) is 103 Å². The van der Waals surface area contributed by atoms with Crippen LogP contribution >= 0.6 is 0 Å². The lowest BCUT2D eigenvalue weighted by Crippen LogP contribution is -2.62. The van der Waals surface area contributed by atoms with E-state index in [4.69, 9.17) is 18.9 Å². The van der Waals surface area contributed by atoms with E-state index in [9.17, 15) is 14.7 Å². The lowest BCUT2D eigenvalue weighted by atomic mass is 9.72. The van der Waals surface area contributed by atoms with E-state index in [1.54, 1.807) is 52.0 Å². The van der Waals surface area contributed by atoms with Crippen LogP contribution in [-0.4, -0.2) is 48.7 Å². The average Bonchev–Trinajstić information content (AvgIpc) is 2.71. The van der Waals surface area contributed by atoms with Gasteiger partial charge >= 0.3 is 5.97 Å². The Hall–Kier alpha value is -2.84. The highest BCUT2D eigenvalue weighted by Crippen LogP contribution is 2.51. The van der Waals surface area contributed by atoms with Crippen LogP contribution in [0.4, 0.5) is 5.69 Å². The van der Waals surface area contributed by atoms with Gasteiger partial charge in [0.05, 0.1) is 23.7 Å². The molecule has 1 heterocycles. The monoisotopic (exact) mass is 431 g/mol. The van der Waals surface area contributed by atoms with Gasteiger partial charge < -0.3 is 29.4 Å². The summed E-state index contributed by atoms with van der Waals surface area (Å²) in [6.45, 7) is 7.56. The first-order chi connectivity index (χ1) is 14.9. The second kappa shape index (κ2) is 9.53. The van der Waals surface area contributed by atoms with Crippen LogP contribution < -0.4 is 5.32 Å². The van der Waals surface area contributed by atoms with Crippen molar-refractivity contribution in [1.82, 2.24) is 0 Å². The van der Waals surface area contributed by atoms with Crippen molar-refractivity contribution in [1.29, 1.82) is 0 Å². The fourth-order valence-electron chi connectivity index (χ4n) is 4.23. The molecule has 2 atom stereocenters. The summed E-state index contributed by atoms with van der Waals surface area (Å²) in [4.78, 5) is 26.3. The number of fused-ring (bicyclic) bond motifs is 2. The maximum atomic E-state index is 13.4. The second-order valence-corrected chi connectivity index (χ2v) is 7.20. The molecule has 0 radical (unpaired) electrons. The SMILES string of the molecule is CCOC(=O)C1=C(C)O[C@H]2CC(O)=C(C(=O)Nc3ccccc3)[C@@H]1C2(OCC)OCC. The van der Waals surface area contributed by atoms with Crippen molar-refractivity contribution in [2.75, 3.05) is 25.1 Å². The van der Waals surface area contributed by atoms with E-state index in [-0.39, 0.29) is 43.1 Å². The zero-order chi connectivity index (χ0) is 22.6. The Balaban J connectivity index is 2.15. The minimum absolute atomic E-state index is 0.00148. The van der Waals surface area contributed by atoms with Gasteiger partial charge in [-0.15, -0.1) is 0 Å². The first kappa shape index (κ1) is 22.8. The molecule has 2 aliphatic rings. The molecule has 31 heavy (non-hydrogen) atoms. The Morgan fingerprint density at radius 2 is 1.74 bits per heavy atom. The van der Waals surface area contributed by atoms with Crippen molar-refractivity contribution in [3.05, 3.63) is 53.0 Å². The number of rotatable bonds is 8. The van der Waals surface area contributed by atoms with Crippen LogP contribution in [0.15, 0.2) is 53.0 Å². The second-order valence-electron chi connectivity index (χ2n) is 7.20. The van der Waals surface area contributed by atoms with E-state index in [1.807, 2.05) is 6.07 Å². The number of amides is 1. The average molecular weight is 431 g/mol. The molecule has 0 unspecified atom stereocenters. The molecule has 8 heteroatoms. The first-order valence-electron chi connectivity index (χ1n) is 10.5. The van der Waals surface area contributed by atoms with E-state index in [0.717, 1.165) is 0 Å². The van der Waals surface area contributed by atoms with Crippen molar-refractivity contribution in [2.24, 2.45) is 5.92 Å². The molecule has 1 amide bonds. The number of nitrogens with one attached hydrogen (secondary N) is 1. The zero-order valence-electron chi connectivity index (χ0n) is 18.3. The fourth-order valence-corrected chi connectivity index (χ4v) is 4.23. The molecule has 0 aromatic heterocycles. The summed E-state index contributed by atoms with van der Waals surface area (Å²) in [5.41, 5.74) is 0.663. The lowest BCUT2D eigenvalue weighted by molar-refractivity contribution is -0.310. The van der Waals surface area contributed by atoms with Gasteiger partial charge in [-0.25, -0.2) is 4.79 Å². The van der Waals surface area contributed by atoms with Crippen molar-refractivity contribution in [3.63, 3.8) is 0 Å². The summed E-state index contributed by atoms with van der Waals surface area (Å²) in [7, 11) is 0. The van der Waals surface area contributed by atoms with Crippen LogP contribution in [0.1, 0.15) is 34.1 Å². The molecular weight excluding hydrogens is 402 g/mol. The third-order valence-corrected chi connectivity index (χ3v) is 5.33. The number of esters is 1. The molecule has 168 valence electrons. The number of carbonyl (C=O) groups excluding carboxylic acids is 2. The normalized spacial score (nSPS) is 22.1. The molecule has 0 spiro atoms. The molecule has 2 bridgehead atoms. The number of ether oxygens (including phenoxy) is 4. The van der Waals surface area contributed by atoms with Gasteiger partial charge in [0.2, 0.25) is 5.79 Å². The largest absolute Gasteiger partial charge is 0.512 e. The predicted octanol–water partition coefficient (Wildman–Crippen LogP) is 3.46. The lowest BCUT2D eigenvalue weighted by Gasteiger charge is -2.51. The maximum absolute atomic E-state index is 13.4. The minimum atomic E-state index is -1.46. The van der Waals surface area contributed by atoms with Crippen molar-refractivity contribution in [2.45, 2.75) is 46.0 Å². The molecule has 1 aromatic rings. The molecule has 1 aliphatic carbocycles. The fraction of sp³-hybridized carbons (Fsp3) is 0.478. The molecule has 1 aliphatic heterocycles. The predicted molar refractivity (Wildman–Crippen MR) is 113 cm³/mol. The van der Waals surface area contributed by atoms with Gasteiger partial charge in [0.15, 0.2) is 6.10 Å². The van der Waals surface area contributed by atoms with Gasteiger partial charge in [-0.2, -0.15) is 0 Å². The smallest absolute Gasteiger partial charge is 0.338 e. The van der Waals surface area contributed by atoms with Gasteiger partial charge in [-0.3, -0.25) is 4.79 Å². The van der Waals surface area contributed by atoms with Crippen LogP contribution in [0.2, 0.25) is 0 Å². The minimum Gasteiger partial charge on any atom is -0.512 e. The van der Waals surface area contributed by atoms with Crippen LogP contribution in [-0.2, 0) is 28.5 Å². The van der Waals surface area contributed by atoms with Gasteiger partial charge in [0.1, 0.15) is 11.5 Å². The Kier molecular flexibility index (Phi) is 7.02. The molecule has 0 saturated heterocycles. The standard InChI is InChI=1S/C23H29NO7/c1-5-28-22(27)18-14(4)31-17-13-16(25)19(20(18)23(17,29-6-2)30-7-3)21(26)24-15-11-9-8-10-12-15/h8-12,17,20,25H,5-7,13H2,1-4H3,(H,24,26)/t17-,20+/m0/s1. The van der Waals surface area contributed by atoms with Crippen LogP contribution in [0.5, 0.6) is 0 Å². The van der Waals surface area contributed by atoms with E-state index < -0.39 is 29.7 Å². The Morgan fingerprint density at radius 3 is 2.32 bits per heavy atom. The summed E-state index contributed by atoms with van der Waals surface area (Å²) in [5, 5.41) is 13.7. The summed E-state index contributed by atoms with van der Waals surface area (Å²) in [6.07, 6.45) is -0.731. The van der Waals surface area contributed by atoms with Gasteiger partial charge in [-0.05, 0) is 39.8 Å². The molecule has 1 aromatic carbocycles. The van der Waals surface area contributed by atoms with Crippen molar-refractivity contribution >= 4 is 17.6 Å². The summed E-state index contributed by atoms with van der Waals surface area (Å²) < 4.78 is 23.3. The highest BCUT2D eigenvalue weighted by Gasteiger charge is 2.62. The number of para-hydroxylation sites is 1. The van der Waals surface area contributed by atoms with E-state index in [1.165, 1.54) is 0 Å². The van der Waals surface area contributed by atoms with E-state index in [0.29, 0.717) is 11.4 Å². The maximum Gasteiger partial charge on any atom is 0.338 e. The van der Waals surface area contributed by atoms with E-state index >= 15 is 0 Å². The number of aliphatic hydroxyl groups excluding tert-OH is 1. The number of anilines is 1. The first-order valence-corrected chi connectivity index (χ1v) is 10.5. The number of hydrogen-bond donors (Lipinski definition) is 2. The number of benzene rings is 1. The molecule has 3 rings (SSSR count). The van der Waals surface area contributed by atoms with Gasteiger partial charge in [0, 0.05) is 25.3 Å². The molecule has 0 fully saturated rings. The third-order valence-electron chi connectivity index (χ3n) is 5.33. The van der Waals surface area contributed by atoms with Crippen molar-refractivity contribution in [3.8, 4) is 0 Å². The highest BCUT2D eigenvalue weighted by atomic mass is 16.7. The molecule has 8 nitrogen and oxygen atoms in total. The van der Waals surface area contributed by atoms with Crippen LogP contribution in [0, 0.1) is 5.92 Å². The summed E-state index contributed by atoms with van der Waals surface area (Å²) in [6, 6.07) is 8.87. The van der Waals surface area contributed by atoms with E-state index in [2.05, 4.69) is 5.32 Å². The van der Waals surface area contributed by atoms with Crippen LogP contribution in [0.25, 0.3) is 0 Å². The van der Waals surface area contributed by atoms with Crippen molar-refractivity contribution < 1.29 is 33.6 Å². The number of allylic oxidation sites excluding steroid dienone is 1. The molecular formula is C23H29NO7. The number of carbonyl (C=O) groups is 2. The quantitative estimate of drug-likeness (QED) is 0.480. The van der Waals surface area contributed by atoms with Gasteiger partial charge in [0.25, 0.3) is 5.91 Å². The molecule has 0 saturated carbocycles. The highest BCUT2D eigenvalue weighted by molar-refractivity contribution is 6.07. The summed E-state index contributed by atoms with van der Waals surface area (Å²) in [5.74, 6) is -3.53. The Bertz CT molecular complexity index is 884. The Labute approximate surface area is 181 Å². The summed E-state index contributed by atoms with van der Waals surface area (Å²) >= 11 is 0. The van der Waals surface area contributed by atoms with Gasteiger partial charge in [-0.1, -0.05) is 18.2 Å². The van der Waals surface area contributed by atoms with Crippen LogP contribution in [0.3, 0.4) is 0 Å². The third kappa shape index (κ3) is 4.18. The number of aliphatic hydroxyl groups is 1. The number of hydrogen-bond acceptors (Lipinski definition) is 7.